The average Bonchev–Trinajstić information content (AvgIpc) is 3.39. The Morgan fingerprint density at radius 2 is 2.04 bits per heavy atom. The van der Waals surface area contributed by atoms with Gasteiger partial charge in [0.1, 0.15) is 5.82 Å². The quantitative estimate of drug-likeness (QED) is 0.736. The van der Waals surface area contributed by atoms with E-state index in [0.717, 1.165) is 31.0 Å². The minimum atomic E-state index is 0.00509. The molecular weight excluding hydrogens is 344 g/mol. The van der Waals surface area contributed by atoms with Crippen LogP contribution in [0.3, 0.4) is 0 Å². The number of nitrogens with one attached hydrogen (secondary N) is 1. The van der Waals surface area contributed by atoms with Crippen LogP contribution in [0.15, 0.2) is 43.2 Å². The van der Waals surface area contributed by atoms with Crippen LogP contribution in [0.25, 0.3) is 5.65 Å². The van der Waals surface area contributed by atoms with Crippen LogP contribution in [0.5, 0.6) is 0 Å². The van der Waals surface area contributed by atoms with Crippen molar-refractivity contribution in [2.45, 2.75) is 19.4 Å². The summed E-state index contributed by atoms with van der Waals surface area (Å²) in [5, 5.41) is 7.60. The smallest absolute Gasteiger partial charge is 0.317 e. The molecule has 1 fully saturated rings. The van der Waals surface area contributed by atoms with Crippen LogP contribution >= 0.6 is 0 Å². The van der Waals surface area contributed by atoms with Crippen molar-refractivity contribution in [3.8, 4) is 0 Å². The molecule has 0 aliphatic carbocycles. The maximum Gasteiger partial charge on any atom is 0.317 e. The standard InChI is InChI=1S/C18H24N8O/c1-15(25-8-6-19-14-25)4-5-21-18(27)24-12-10-23(11-13-24)17-3-2-16-20-7-9-26(16)22-17/h2-3,6-9,14-15H,4-5,10-13H2,1H3,(H,21,27). The number of carbonyl (C=O) groups excluding carboxylic acids is 1. The fraction of sp³-hybridized carbons (Fsp3) is 0.444. The highest BCUT2D eigenvalue weighted by molar-refractivity contribution is 5.74. The Balaban J connectivity index is 1.24. The summed E-state index contributed by atoms with van der Waals surface area (Å²) in [6.45, 7) is 5.69. The molecule has 0 spiro atoms. The summed E-state index contributed by atoms with van der Waals surface area (Å²) in [4.78, 5) is 24.7. The van der Waals surface area contributed by atoms with Gasteiger partial charge in [-0.2, -0.15) is 0 Å². The molecule has 0 saturated carbocycles. The third-order valence-electron chi connectivity index (χ3n) is 5.00. The second-order valence-electron chi connectivity index (χ2n) is 6.78. The van der Waals surface area contributed by atoms with E-state index in [-0.39, 0.29) is 6.03 Å². The Kier molecular flexibility index (Phi) is 4.91. The molecule has 27 heavy (non-hydrogen) atoms. The molecule has 0 bridgehead atoms. The van der Waals surface area contributed by atoms with E-state index in [2.05, 4.69) is 36.8 Å². The number of aromatic nitrogens is 5. The Labute approximate surface area is 157 Å². The molecule has 0 aromatic carbocycles. The fourth-order valence-electron chi connectivity index (χ4n) is 3.29. The average molecular weight is 368 g/mol. The molecule has 9 heteroatoms. The first-order valence-electron chi connectivity index (χ1n) is 9.26. The lowest BCUT2D eigenvalue weighted by atomic mass is 10.2. The number of imidazole rings is 2. The zero-order valence-corrected chi connectivity index (χ0v) is 15.4. The molecule has 9 nitrogen and oxygen atoms in total. The number of amides is 2. The molecule has 4 rings (SSSR count). The van der Waals surface area contributed by atoms with Crippen LogP contribution in [-0.4, -0.2) is 67.8 Å². The number of piperazine rings is 1. The number of fused-ring (bicyclic) bond motifs is 1. The van der Waals surface area contributed by atoms with Gasteiger partial charge in [-0.15, -0.1) is 5.10 Å². The molecule has 1 saturated heterocycles. The van der Waals surface area contributed by atoms with Crippen molar-refractivity contribution >= 4 is 17.5 Å². The van der Waals surface area contributed by atoms with Crippen molar-refractivity contribution < 1.29 is 4.79 Å². The first-order valence-corrected chi connectivity index (χ1v) is 9.26. The highest BCUT2D eigenvalue weighted by Crippen LogP contribution is 2.14. The second-order valence-corrected chi connectivity index (χ2v) is 6.78. The molecule has 1 N–H and O–H groups in total. The molecule has 2 amide bonds. The van der Waals surface area contributed by atoms with Crippen LogP contribution in [0, 0.1) is 0 Å². The minimum Gasteiger partial charge on any atom is -0.352 e. The SMILES string of the molecule is CC(CCNC(=O)N1CCN(c2ccc3nccn3n2)CC1)n1ccnc1. The number of hydrogen-bond acceptors (Lipinski definition) is 5. The summed E-state index contributed by atoms with van der Waals surface area (Å²) < 4.78 is 3.82. The molecule has 1 aliphatic rings. The van der Waals surface area contributed by atoms with Crippen molar-refractivity contribution in [3.05, 3.63) is 43.2 Å². The van der Waals surface area contributed by atoms with Crippen molar-refractivity contribution in [1.82, 2.24) is 34.4 Å². The number of anilines is 1. The highest BCUT2D eigenvalue weighted by Gasteiger charge is 2.22. The summed E-state index contributed by atoms with van der Waals surface area (Å²) in [5.74, 6) is 0.912. The van der Waals surface area contributed by atoms with Crippen LogP contribution in [-0.2, 0) is 0 Å². The normalized spacial score (nSPS) is 15.9. The summed E-state index contributed by atoms with van der Waals surface area (Å²) in [5.41, 5.74) is 0.835. The predicted molar refractivity (Wildman–Crippen MR) is 102 cm³/mol. The third kappa shape index (κ3) is 3.86. The van der Waals surface area contributed by atoms with Gasteiger partial charge in [0.2, 0.25) is 0 Å². The number of nitrogens with zero attached hydrogens (tertiary/aromatic N) is 7. The number of carbonyl (C=O) groups is 1. The van der Waals surface area contributed by atoms with Crippen molar-refractivity contribution in [3.63, 3.8) is 0 Å². The van der Waals surface area contributed by atoms with E-state index in [1.54, 1.807) is 23.2 Å². The molecular formula is C18H24N8O. The number of urea groups is 1. The topological polar surface area (TPSA) is 83.6 Å². The summed E-state index contributed by atoms with van der Waals surface area (Å²) in [6.07, 6.45) is 9.97. The predicted octanol–water partition coefficient (Wildman–Crippen LogP) is 1.41. The molecule has 0 radical (unpaired) electrons. The molecule has 142 valence electrons. The fourth-order valence-corrected chi connectivity index (χ4v) is 3.29. The summed E-state index contributed by atoms with van der Waals surface area (Å²) >= 11 is 0. The van der Waals surface area contributed by atoms with E-state index >= 15 is 0 Å². The van der Waals surface area contributed by atoms with Gasteiger partial charge in [-0.3, -0.25) is 0 Å². The lowest BCUT2D eigenvalue weighted by Gasteiger charge is -2.35. The molecule has 1 atom stereocenters. The Morgan fingerprint density at radius 1 is 1.19 bits per heavy atom. The Morgan fingerprint density at radius 3 is 2.81 bits per heavy atom. The van der Waals surface area contributed by atoms with Gasteiger partial charge in [0.25, 0.3) is 0 Å². The van der Waals surface area contributed by atoms with E-state index in [1.807, 2.05) is 29.4 Å². The molecule has 1 unspecified atom stereocenters. The Hall–Kier alpha value is -3.10. The van der Waals surface area contributed by atoms with Gasteiger partial charge in [0.05, 0.1) is 6.33 Å². The third-order valence-corrected chi connectivity index (χ3v) is 5.00. The van der Waals surface area contributed by atoms with Crippen LogP contribution in [0.2, 0.25) is 0 Å². The van der Waals surface area contributed by atoms with Gasteiger partial charge >= 0.3 is 6.03 Å². The van der Waals surface area contributed by atoms with Crippen LogP contribution in [0.4, 0.5) is 10.6 Å². The lowest BCUT2D eigenvalue weighted by molar-refractivity contribution is 0.193. The van der Waals surface area contributed by atoms with Crippen LogP contribution in [0.1, 0.15) is 19.4 Å². The molecule has 3 aromatic rings. The highest BCUT2D eigenvalue weighted by atomic mass is 16.2. The lowest BCUT2D eigenvalue weighted by Crippen LogP contribution is -2.52. The van der Waals surface area contributed by atoms with Gasteiger partial charge in [0.15, 0.2) is 5.65 Å². The summed E-state index contributed by atoms with van der Waals surface area (Å²) in [6, 6.07) is 4.26. The van der Waals surface area contributed by atoms with E-state index < -0.39 is 0 Å². The van der Waals surface area contributed by atoms with Gasteiger partial charge in [-0.1, -0.05) is 0 Å². The second kappa shape index (κ2) is 7.65. The maximum atomic E-state index is 12.4. The van der Waals surface area contributed by atoms with Crippen LogP contribution < -0.4 is 10.2 Å². The first kappa shape index (κ1) is 17.3. The number of rotatable bonds is 5. The van der Waals surface area contributed by atoms with E-state index in [4.69, 9.17) is 0 Å². The summed E-state index contributed by atoms with van der Waals surface area (Å²) in [7, 11) is 0. The van der Waals surface area contributed by atoms with E-state index in [9.17, 15) is 4.79 Å². The monoisotopic (exact) mass is 368 g/mol. The first-order chi connectivity index (χ1) is 13.2. The van der Waals surface area contributed by atoms with Gasteiger partial charge in [-0.05, 0) is 25.5 Å². The van der Waals surface area contributed by atoms with Gasteiger partial charge < -0.3 is 19.7 Å². The zero-order chi connectivity index (χ0) is 18.6. The van der Waals surface area contributed by atoms with Crippen molar-refractivity contribution in [2.75, 3.05) is 37.6 Å². The maximum absolute atomic E-state index is 12.4. The molecule has 4 heterocycles. The minimum absolute atomic E-state index is 0.00509. The Bertz CT molecular complexity index is 882. The van der Waals surface area contributed by atoms with E-state index in [1.165, 1.54) is 0 Å². The van der Waals surface area contributed by atoms with Gasteiger partial charge in [0, 0.05) is 63.6 Å². The van der Waals surface area contributed by atoms with Crippen molar-refractivity contribution in [2.24, 2.45) is 0 Å². The largest absolute Gasteiger partial charge is 0.352 e. The van der Waals surface area contributed by atoms with Crippen molar-refractivity contribution in [1.29, 1.82) is 0 Å². The zero-order valence-electron chi connectivity index (χ0n) is 15.4. The van der Waals surface area contributed by atoms with E-state index in [0.29, 0.717) is 25.7 Å². The number of hydrogen-bond donors (Lipinski definition) is 1. The van der Waals surface area contributed by atoms with Gasteiger partial charge in [-0.25, -0.2) is 19.3 Å². The molecule has 3 aromatic heterocycles. The molecule has 1 aliphatic heterocycles.